The minimum Gasteiger partial charge on any atom is -0.481 e. The van der Waals surface area contributed by atoms with Crippen LogP contribution in [0.15, 0.2) is 28.7 Å². The van der Waals surface area contributed by atoms with Gasteiger partial charge in [-0.05, 0) is 19.1 Å². The lowest BCUT2D eigenvalue weighted by atomic mass is 9.88. The van der Waals surface area contributed by atoms with Crippen LogP contribution < -0.4 is 0 Å². The van der Waals surface area contributed by atoms with E-state index in [0.29, 0.717) is 5.82 Å². The molecular weight excluding hydrogens is 320 g/mol. The highest BCUT2D eigenvalue weighted by molar-refractivity contribution is 9.10. The summed E-state index contributed by atoms with van der Waals surface area (Å²) in [5.74, 6) is -0.121. The highest BCUT2D eigenvalue weighted by Crippen LogP contribution is 2.29. The second-order valence-corrected chi connectivity index (χ2v) is 6.44. The molecule has 1 aromatic carbocycles. The van der Waals surface area contributed by atoms with Gasteiger partial charge in [-0.15, -0.1) is 0 Å². The van der Waals surface area contributed by atoms with Gasteiger partial charge in [-0.25, -0.2) is 4.98 Å². The number of nitrogens with zero attached hydrogens (tertiary/aromatic N) is 1. The fraction of sp³-hybridized carbons (Fsp3) is 0.333. The topological polar surface area (TPSA) is 66.0 Å². The molecule has 2 rings (SSSR count). The lowest BCUT2D eigenvalue weighted by Crippen LogP contribution is -2.23. The number of H-pyrrole nitrogens is 1. The first-order chi connectivity index (χ1) is 9.29. The van der Waals surface area contributed by atoms with Gasteiger partial charge in [0.25, 0.3) is 0 Å². The van der Waals surface area contributed by atoms with Crippen molar-refractivity contribution in [2.75, 3.05) is 0 Å². The first-order valence-corrected chi connectivity index (χ1v) is 7.14. The van der Waals surface area contributed by atoms with Crippen LogP contribution in [0.1, 0.15) is 31.8 Å². The van der Waals surface area contributed by atoms with Crippen LogP contribution in [-0.4, -0.2) is 21.0 Å². The summed E-state index contributed by atoms with van der Waals surface area (Å²) in [6.45, 7) is 5.71. The Hall–Kier alpha value is -1.62. The average molecular weight is 337 g/mol. The number of imidazole rings is 1. The number of aromatic nitrogens is 2. The highest BCUT2D eigenvalue weighted by atomic mass is 79.9. The minimum absolute atomic E-state index is 0.0414. The standard InChI is InChI=1S/C15H17BrN2O2/c1-9-13(10-4-6-11(16)7-5-10)18-14(17-9)15(2,3)8-12(19)20/h4-7H,8H2,1-3H3,(H,17,18)(H,19,20). The predicted molar refractivity (Wildman–Crippen MR) is 81.7 cm³/mol. The Kier molecular flexibility index (Phi) is 3.99. The van der Waals surface area contributed by atoms with Crippen molar-refractivity contribution in [3.05, 3.63) is 40.3 Å². The van der Waals surface area contributed by atoms with E-state index in [4.69, 9.17) is 5.11 Å². The number of benzene rings is 1. The second kappa shape index (κ2) is 5.40. The molecule has 0 aliphatic carbocycles. The van der Waals surface area contributed by atoms with Gasteiger partial charge in [-0.1, -0.05) is 41.9 Å². The molecule has 0 spiro atoms. The maximum Gasteiger partial charge on any atom is 0.304 e. The summed E-state index contributed by atoms with van der Waals surface area (Å²) in [5.41, 5.74) is 2.30. The molecule has 2 aromatic rings. The molecule has 1 aromatic heterocycles. The first-order valence-electron chi connectivity index (χ1n) is 6.34. The molecule has 106 valence electrons. The van der Waals surface area contributed by atoms with Crippen LogP contribution in [0.2, 0.25) is 0 Å². The van der Waals surface area contributed by atoms with E-state index in [9.17, 15) is 4.79 Å². The lowest BCUT2D eigenvalue weighted by molar-refractivity contribution is -0.138. The molecule has 0 aliphatic rings. The van der Waals surface area contributed by atoms with E-state index in [1.165, 1.54) is 0 Å². The molecule has 0 saturated heterocycles. The zero-order valence-corrected chi connectivity index (χ0v) is 13.3. The molecule has 5 heteroatoms. The summed E-state index contributed by atoms with van der Waals surface area (Å²) in [4.78, 5) is 18.8. The predicted octanol–water partition coefficient (Wildman–Crippen LogP) is 3.90. The number of aromatic amines is 1. The van der Waals surface area contributed by atoms with Crippen molar-refractivity contribution in [3.63, 3.8) is 0 Å². The van der Waals surface area contributed by atoms with Gasteiger partial charge in [0, 0.05) is 21.1 Å². The lowest BCUT2D eigenvalue weighted by Gasteiger charge is -2.19. The van der Waals surface area contributed by atoms with Gasteiger partial charge in [0.1, 0.15) is 5.82 Å². The molecule has 2 N–H and O–H groups in total. The Morgan fingerprint density at radius 1 is 1.35 bits per heavy atom. The summed E-state index contributed by atoms with van der Waals surface area (Å²) in [7, 11) is 0. The molecule has 1 heterocycles. The molecule has 0 atom stereocenters. The van der Waals surface area contributed by atoms with Crippen molar-refractivity contribution in [1.82, 2.24) is 9.97 Å². The zero-order valence-electron chi connectivity index (χ0n) is 11.7. The summed E-state index contributed by atoms with van der Waals surface area (Å²) in [6.07, 6.45) is 0.0414. The van der Waals surface area contributed by atoms with E-state index in [-0.39, 0.29) is 6.42 Å². The normalized spacial score (nSPS) is 11.6. The van der Waals surface area contributed by atoms with Crippen LogP contribution in [0.3, 0.4) is 0 Å². The number of aryl methyl sites for hydroxylation is 1. The number of nitrogens with one attached hydrogen (secondary N) is 1. The molecule has 0 unspecified atom stereocenters. The molecule has 0 amide bonds. The first kappa shape index (κ1) is 14.8. The Morgan fingerprint density at radius 2 is 1.95 bits per heavy atom. The van der Waals surface area contributed by atoms with Crippen LogP contribution in [0, 0.1) is 6.92 Å². The van der Waals surface area contributed by atoms with Crippen LogP contribution in [-0.2, 0) is 10.2 Å². The molecule has 0 bridgehead atoms. The summed E-state index contributed by atoms with van der Waals surface area (Å²) in [5, 5.41) is 8.99. The van der Waals surface area contributed by atoms with Gasteiger partial charge in [-0.2, -0.15) is 0 Å². The van der Waals surface area contributed by atoms with E-state index in [0.717, 1.165) is 21.4 Å². The van der Waals surface area contributed by atoms with E-state index in [1.807, 2.05) is 45.0 Å². The van der Waals surface area contributed by atoms with Gasteiger partial charge >= 0.3 is 5.97 Å². The summed E-state index contributed by atoms with van der Waals surface area (Å²) >= 11 is 3.41. The van der Waals surface area contributed by atoms with Crippen LogP contribution in [0.25, 0.3) is 11.3 Å². The maximum atomic E-state index is 10.9. The van der Waals surface area contributed by atoms with Crippen molar-refractivity contribution in [2.24, 2.45) is 0 Å². The Bertz CT molecular complexity index is 630. The van der Waals surface area contributed by atoms with Crippen molar-refractivity contribution in [3.8, 4) is 11.3 Å². The van der Waals surface area contributed by atoms with E-state index in [2.05, 4.69) is 25.9 Å². The van der Waals surface area contributed by atoms with E-state index in [1.54, 1.807) is 0 Å². The molecule has 0 radical (unpaired) electrons. The number of carbonyl (C=O) groups is 1. The van der Waals surface area contributed by atoms with E-state index < -0.39 is 11.4 Å². The Labute approximate surface area is 126 Å². The molecule has 0 aliphatic heterocycles. The molecule has 4 nitrogen and oxygen atoms in total. The quantitative estimate of drug-likeness (QED) is 0.889. The number of halogens is 1. The van der Waals surface area contributed by atoms with Gasteiger partial charge in [-0.3, -0.25) is 4.79 Å². The summed E-state index contributed by atoms with van der Waals surface area (Å²) < 4.78 is 1.01. The fourth-order valence-corrected chi connectivity index (χ4v) is 2.40. The molecular formula is C15H17BrN2O2. The minimum atomic E-state index is -0.825. The van der Waals surface area contributed by atoms with Crippen LogP contribution in [0.4, 0.5) is 0 Å². The van der Waals surface area contributed by atoms with Crippen molar-refractivity contribution in [2.45, 2.75) is 32.6 Å². The second-order valence-electron chi connectivity index (χ2n) is 5.52. The van der Waals surface area contributed by atoms with E-state index >= 15 is 0 Å². The molecule has 0 fully saturated rings. The Morgan fingerprint density at radius 3 is 2.50 bits per heavy atom. The maximum absolute atomic E-state index is 10.9. The third-order valence-electron chi connectivity index (χ3n) is 3.24. The summed E-state index contributed by atoms with van der Waals surface area (Å²) in [6, 6.07) is 7.90. The third-order valence-corrected chi connectivity index (χ3v) is 3.77. The number of rotatable bonds is 4. The third kappa shape index (κ3) is 3.10. The van der Waals surface area contributed by atoms with Gasteiger partial charge < -0.3 is 10.1 Å². The molecule has 0 saturated carbocycles. The number of carboxylic acids is 1. The van der Waals surface area contributed by atoms with Gasteiger partial charge in [0.2, 0.25) is 0 Å². The SMILES string of the molecule is Cc1[nH]c(C(C)(C)CC(=O)O)nc1-c1ccc(Br)cc1. The average Bonchev–Trinajstić information content (AvgIpc) is 2.72. The van der Waals surface area contributed by atoms with Gasteiger partial charge in [0.15, 0.2) is 0 Å². The van der Waals surface area contributed by atoms with Crippen LogP contribution in [0.5, 0.6) is 0 Å². The van der Waals surface area contributed by atoms with Crippen molar-refractivity contribution in [1.29, 1.82) is 0 Å². The van der Waals surface area contributed by atoms with Gasteiger partial charge in [0.05, 0.1) is 12.1 Å². The largest absolute Gasteiger partial charge is 0.481 e. The fourth-order valence-electron chi connectivity index (χ4n) is 2.13. The highest BCUT2D eigenvalue weighted by Gasteiger charge is 2.28. The molecule has 20 heavy (non-hydrogen) atoms. The van der Waals surface area contributed by atoms with Crippen molar-refractivity contribution < 1.29 is 9.90 Å². The zero-order chi connectivity index (χ0) is 14.9. The number of hydrogen-bond acceptors (Lipinski definition) is 2. The number of hydrogen-bond donors (Lipinski definition) is 2. The number of aliphatic carboxylic acids is 1. The Balaban J connectivity index is 2.39. The smallest absolute Gasteiger partial charge is 0.304 e. The number of carboxylic acid groups (broad SMARTS) is 1. The monoisotopic (exact) mass is 336 g/mol. The van der Waals surface area contributed by atoms with Crippen LogP contribution >= 0.6 is 15.9 Å². The van der Waals surface area contributed by atoms with Crippen molar-refractivity contribution >= 4 is 21.9 Å².